The molecule has 0 saturated heterocycles. The van der Waals surface area contributed by atoms with Crippen molar-refractivity contribution in [2.45, 2.75) is 11.3 Å². The van der Waals surface area contributed by atoms with Crippen molar-refractivity contribution < 1.29 is 9.47 Å². The lowest BCUT2D eigenvalue weighted by atomic mass is 10.1. The van der Waals surface area contributed by atoms with Crippen molar-refractivity contribution in [2.75, 3.05) is 33.1 Å². The first kappa shape index (κ1) is 23.7. The number of aliphatic imine (C=N–C) groups is 1. The topological polar surface area (TPSA) is 68.9 Å². The molecule has 0 saturated carbocycles. The zero-order chi connectivity index (χ0) is 18.8. The summed E-state index contributed by atoms with van der Waals surface area (Å²) in [5.74, 6) is 2.80. The molecule has 0 unspecified atom stereocenters. The third kappa shape index (κ3) is 8.49. The molecule has 2 aromatic rings. The number of nitrogens with one attached hydrogen (secondary N) is 1. The van der Waals surface area contributed by atoms with Crippen molar-refractivity contribution in [2.24, 2.45) is 10.7 Å². The Balaban J connectivity index is 0.00000364. The standard InChI is InChI=1S/C19H24ClN3O2S.HI/c1-24-17-8-3-14(13-18(17)25-2)9-10-22-19(21)23-11-12-26-16-6-4-15(20)5-7-16;/h3-8,13H,9-12H2,1-2H3,(H3,21,22,23);1H. The van der Waals surface area contributed by atoms with Crippen LogP contribution in [-0.4, -0.2) is 39.0 Å². The highest BCUT2D eigenvalue weighted by Gasteiger charge is 2.04. The van der Waals surface area contributed by atoms with Gasteiger partial charge in [0, 0.05) is 28.8 Å². The number of methoxy groups -OCH3 is 2. The molecule has 5 nitrogen and oxygen atoms in total. The molecule has 0 aliphatic rings. The van der Waals surface area contributed by atoms with E-state index < -0.39 is 0 Å². The Morgan fingerprint density at radius 2 is 1.81 bits per heavy atom. The molecule has 0 spiro atoms. The van der Waals surface area contributed by atoms with Crippen molar-refractivity contribution in [3.05, 3.63) is 53.1 Å². The predicted octanol–water partition coefficient (Wildman–Crippen LogP) is 4.21. The number of guanidine groups is 1. The normalized spacial score (nSPS) is 10.9. The second-order valence-corrected chi connectivity index (χ2v) is 7.04. The van der Waals surface area contributed by atoms with Crippen molar-refractivity contribution in [3.63, 3.8) is 0 Å². The van der Waals surface area contributed by atoms with Crippen LogP contribution in [0.25, 0.3) is 0 Å². The largest absolute Gasteiger partial charge is 0.493 e. The summed E-state index contributed by atoms with van der Waals surface area (Å²) >= 11 is 7.61. The SMILES string of the molecule is COc1ccc(CCN=C(N)NCCSc2ccc(Cl)cc2)cc1OC.I. The zero-order valence-electron chi connectivity index (χ0n) is 15.4. The van der Waals surface area contributed by atoms with E-state index >= 15 is 0 Å². The number of benzene rings is 2. The number of hydrogen-bond donors (Lipinski definition) is 2. The lowest BCUT2D eigenvalue weighted by Gasteiger charge is -2.09. The Labute approximate surface area is 187 Å². The fourth-order valence-corrected chi connectivity index (χ4v) is 3.17. The molecular formula is C19H25ClIN3O2S. The third-order valence-electron chi connectivity index (χ3n) is 3.62. The minimum atomic E-state index is 0. The second-order valence-electron chi connectivity index (χ2n) is 5.44. The van der Waals surface area contributed by atoms with E-state index in [1.807, 2.05) is 42.5 Å². The maximum absolute atomic E-state index is 5.91. The van der Waals surface area contributed by atoms with Crippen molar-refractivity contribution in [1.82, 2.24) is 5.32 Å². The van der Waals surface area contributed by atoms with E-state index in [9.17, 15) is 0 Å². The van der Waals surface area contributed by atoms with Gasteiger partial charge in [0.1, 0.15) is 0 Å². The summed E-state index contributed by atoms with van der Waals surface area (Å²) in [6, 6.07) is 13.7. The van der Waals surface area contributed by atoms with Gasteiger partial charge in [0.25, 0.3) is 0 Å². The second kappa shape index (κ2) is 13.0. The van der Waals surface area contributed by atoms with Gasteiger partial charge in [0.15, 0.2) is 17.5 Å². The van der Waals surface area contributed by atoms with Gasteiger partial charge in [-0.1, -0.05) is 17.7 Å². The fourth-order valence-electron chi connectivity index (χ4n) is 2.28. The number of nitrogens with two attached hydrogens (primary N) is 1. The van der Waals surface area contributed by atoms with Crippen LogP contribution >= 0.6 is 47.3 Å². The van der Waals surface area contributed by atoms with E-state index in [1.54, 1.807) is 26.0 Å². The van der Waals surface area contributed by atoms with Gasteiger partial charge < -0.3 is 20.5 Å². The average molecular weight is 522 g/mol. The van der Waals surface area contributed by atoms with E-state index in [4.69, 9.17) is 26.8 Å². The first-order valence-electron chi connectivity index (χ1n) is 8.25. The number of ether oxygens (including phenoxy) is 2. The van der Waals surface area contributed by atoms with Crippen LogP contribution in [0.5, 0.6) is 11.5 Å². The molecule has 0 aliphatic carbocycles. The van der Waals surface area contributed by atoms with E-state index in [0.29, 0.717) is 12.5 Å². The molecule has 148 valence electrons. The van der Waals surface area contributed by atoms with Crippen LogP contribution in [0.1, 0.15) is 5.56 Å². The molecule has 0 amide bonds. The summed E-state index contributed by atoms with van der Waals surface area (Å²) in [6.45, 7) is 1.36. The lowest BCUT2D eigenvalue weighted by Crippen LogP contribution is -2.33. The lowest BCUT2D eigenvalue weighted by molar-refractivity contribution is 0.354. The molecule has 0 heterocycles. The van der Waals surface area contributed by atoms with Gasteiger partial charge in [-0.3, -0.25) is 4.99 Å². The minimum Gasteiger partial charge on any atom is -0.493 e. The maximum Gasteiger partial charge on any atom is 0.188 e. The molecule has 27 heavy (non-hydrogen) atoms. The van der Waals surface area contributed by atoms with Gasteiger partial charge in [0.05, 0.1) is 14.2 Å². The summed E-state index contributed by atoms with van der Waals surface area (Å²) in [4.78, 5) is 5.54. The third-order valence-corrected chi connectivity index (χ3v) is 4.89. The number of nitrogens with zero attached hydrogens (tertiary/aromatic N) is 1. The molecule has 0 radical (unpaired) electrons. The van der Waals surface area contributed by atoms with Gasteiger partial charge in [0.2, 0.25) is 0 Å². The molecule has 2 rings (SSSR count). The van der Waals surface area contributed by atoms with Crippen LogP contribution in [0.3, 0.4) is 0 Å². The van der Waals surface area contributed by atoms with Crippen LogP contribution in [0.4, 0.5) is 0 Å². The average Bonchev–Trinajstić information content (AvgIpc) is 2.66. The fraction of sp³-hybridized carbons (Fsp3) is 0.316. The van der Waals surface area contributed by atoms with E-state index in [1.165, 1.54) is 4.90 Å². The number of rotatable bonds is 9. The summed E-state index contributed by atoms with van der Waals surface area (Å²) in [6.07, 6.45) is 0.780. The number of thioether (sulfide) groups is 1. The van der Waals surface area contributed by atoms with Gasteiger partial charge in [-0.05, 0) is 48.4 Å². The highest BCUT2D eigenvalue weighted by Crippen LogP contribution is 2.27. The Morgan fingerprint density at radius 3 is 2.48 bits per heavy atom. The molecule has 0 atom stereocenters. The molecule has 0 aliphatic heterocycles. The molecule has 8 heteroatoms. The van der Waals surface area contributed by atoms with Crippen molar-refractivity contribution >= 4 is 53.3 Å². The van der Waals surface area contributed by atoms with Crippen LogP contribution in [0, 0.1) is 0 Å². The summed E-state index contributed by atoms with van der Waals surface area (Å²) in [5, 5.41) is 3.88. The van der Waals surface area contributed by atoms with Crippen molar-refractivity contribution in [3.8, 4) is 11.5 Å². The van der Waals surface area contributed by atoms with E-state index in [0.717, 1.165) is 40.8 Å². The minimum absolute atomic E-state index is 0. The Bertz CT molecular complexity index is 729. The molecule has 0 aromatic heterocycles. The molecule has 0 fully saturated rings. The summed E-state index contributed by atoms with van der Waals surface area (Å²) in [5.41, 5.74) is 7.03. The highest BCUT2D eigenvalue weighted by molar-refractivity contribution is 14.0. The van der Waals surface area contributed by atoms with E-state index in [2.05, 4.69) is 10.3 Å². The smallest absolute Gasteiger partial charge is 0.188 e. The molecule has 3 N–H and O–H groups in total. The Hall–Kier alpha value is -1.32. The quantitative estimate of drug-likeness (QED) is 0.170. The maximum atomic E-state index is 5.91. The Morgan fingerprint density at radius 1 is 1.11 bits per heavy atom. The molecule has 0 bridgehead atoms. The van der Waals surface area contributed by atoms with Gasteiger partial charge in [-0.15, -0.1) is 35.7 Å². The number of hydrogen-bond acceptors (Lipinski definition) is 4. The van der Waals surface area contributed by atoms with Gasteiger partial charge >= 0.3 is 0 Å². The van der Waals surface area contributed by atoms with Crippen LogP contribution < -0.4 is 20.5 Å². The monoisotopic (exact) mass is 521 g/mol. The first-order chi connectivity index (χ1) is 12.6. The van der Waals surface area contributed by atoms with Crippen molar-refractivity contribution in [1.29, 1.82) is 0 Å². The first-order valence-corrected chi connectivity index (χ1v) is 9.62. The summed E-state index contributed by atoms with van der Waals surface area (Å²) in [7, 11) is 3.25. The number of halogens is 2. The van der Waals surface area contributed by atoms with E-state index in [-0.39, 0.29) is 24.0 Å². The molecule has 2 aromatic carbocycles. The highest BCUT2D eigenvalue weighted by atomic mass is 127. The Kier molecular flexibility index (Phi) is 11.4. The van der Waals surface area contributed by atoms with Crippen LogP contribution in [0.15, 0.2) is 52.4 Å². The van der Waals surface area contributed by atoms with Crippen LogP contribution in [0.2, 0.25) is 5.02 Å². The molecular weight excluding hydrogens is 497 g/mol. The summed E-state index contributed by atoms with van der Waals surface area (Å²) < 4.78 is 10.5. The van der Waals surface area contributed by atoms with Crippen LogP contribution in [-0.2, 0) is 6.42 Å². The van der Waals surface area contributed by atoms with Gasteiger partial charge in [-0.2, -0.15) is 0 Å². The van der Waals surface area contributed by atoms with Gasteiger partial charge in [-0.25, -0.2) is 0 Å². The zero-order valence-corrected chi connectivity index (χ0v) is 19.3. The predicted molar refractivity (Wildman–Crippen MR) is 125 cm³/mol.